The molecule has 4 unspecified atom stereocenters. The first-order valence-electron chi connectivity index (χ1n) is 7.79. The van der Waals surface area contributed by atoms with Crippen LogP contribution in [-0.2, 0) is 14.3 Å². The van der Waals surface area contributed by atoms with Gasteiger partial charge >= 0.3 is 0 Å². The fourth-order valence-corrected chi connectivity index (χ4v) is 3.15. The highest BCUT2D eigenvalue weighted by Crippen LogP contribution is 2.31. The van der Waals surface area contributed by atoms with Crippen molar-refractivity contribution in [1.29, 1.82) is 0 Å². The molecule has 5 N–H and O–H groups in total. The van der Waals surface area contributed by atoms with Crippen molar-refractivity contribution < 1.29 is 19.4 Å². The molecular formula is C14H27N3O4. The molecule has 4 atom stereocenters. The van der Waals surface area contributed by atoms with Crippen LogP contribution in [0, 0.1) is 5.92 Å². The Hall–Kier alpha value is -0.730. The van der Waals surface area contributed by atoms with Crippen LogP contribution < -0.4 is 16.4 Å². The van der Waals surface area contributed by atoms with E-state index in [0.717, 1.165) is 12.8 Å². The highest BCUT2D eigenvalue weighted by Gasteiger charge is 2.44. The van der Waals surface area contributed by atoms with Crippen molar-refractivity contribution in [3.63, 3.8) is 0 Å². The molecule has 2 rings (SSSR count). The van der Waals surface area contributed by atoms with Crippen molar-refractivity contribution in [2.24, 2.45) is 11.7 Å². The van der Waals surface area contributed by atoms with Gasteiger partial charge in [-0.3, -0.25) is 4.79 Å². The maximum absolute atomic E-state index is 12.2. The van der Waals surface area contributed by atoms with Gasteiger partial charge in [-0.25, -0.2) is 0 Å². The quantitative estimate of drug-likeness (QED) is 0.390. The van der Waals surface area contributed by atoms with Crippen LogP contribution in [-0.4, -0.2) is 68.7 Å². The molecular weight excluding hydrogens is 274 g/mol. The summed E-state index contributed by atoms with van der Waals surface area (Å²) in [6.45, 7) is 2.95. The summed E-state index contributed by atoms with van der Waals surface area (Å²) in [4.78, 5) is 12.2. The van der Waals surface area contributed by atoms with Gasteiger partial charge in [0.2, 0.25) is 5.91 Å². The zero-order valence-electron chi connectivity index (χ0n) is 12.4. The zero-order valence-corrected chi connectivity index (χ0v) is 12.4. The Morgan fingerprint density at radius 2 is 2.00 bits per heavy atom. The summed E-state index contributed by atoms with van der Waals surface area (Å²) in [7, 11) is 0. The van der Waals surface area contributed by atoms with E-state index >= 15 is 0 Å². The lowest BCUT2D eigenvalue weighted by atomic mass is 9.88. The minimum absolute atomic E-state index is 0.0802. The molecule has 7 nitrogen and oxygen atoms in total. The Morgan fingerprint density at radius 1 is 1.24 bits per heavy atom. The number of nitrogens with one attached hydrogen (secondary N) is 2. The van der Waals surface area contributed by atoms with Gasteiger partial charge in [0.05, 0.1) is 38.4 Å². The molecule has 21 heavy (non-hydrogen) atoms. The molecule has 2 aliphatic rings. The number of aliphatic hydroxyl groups is 1. The fourth-order valence-electron chi connectivity index (χ4n) is 3.15. The molecule has 7 heteroatoms. The standard InChI is InChI=1S/C14H27N3O4/c15-3-5-20-7-8-21-6-4-16-14(19)13-11-2-1-10(17-11)9-12(13)18/h10-13,17-18H,1-9,15H2,(H,16,19). The van der Waals surface area contributed by atoms with E-state index in [2.05, 4.69) is 10.6 Å². The molecule has 0 spiro atoms. The topological polar surface area (TPSA) is 106 Å². The molecule has 1 amide bonds. The van der Waals surface area contributed by atoms with Crippen molar-refractivity contribution in [3.05, 3.63) is 0 Å². The van der Waals surface area contributed by atoms with Crippen molar-refractivity contribution in [3.8, 4) is 0 Å². The van der Waals surface area contributed by atoms with Gasteiger partial charge in [0.15, 0.2) is 0 Å². The molecule has 2 bridgehead atoms. The minimum Gasteiger partial charge on any atom is -0.392 e. The first-order chi connectivity index (χ1) is 10.2. The van der Waals surface area contributed by atoms with E-state index in [9.17, 15) is 9.90 Å². The number of nitrogens with two attached hydrogens (primary N) is 1. The predicted molar refractivity (Wildman–Crippen MR) is 77.8 cm³/mol. The molecule has 2 saturated heterocycles. The third kappa shape index (κ3) is 4.89. The highest BCUT2D eigenvalue weighted by molar-refractivity contribution is 5.80. The van der Waals surface area contributed by atoms with Gasteiger partial charge in [-0.05, 0) is 19.3 Å². The van der Waals surface area contributed by atoms with E-state index in [1.807, 2.05) is 0 Å². The number of carbonyl (C=O) groups is 1. The molecule has 0 aliphatic carbocycles. The summed E-state index contributed by atoms with van der Waals surface area (Å²) in [6.07, 6.45) is 2.16. The third-order valence-corrected chi connectivity index (χ3v) is 4.13. The van der Waals surface area contributed by atoms with Crippen LogP contribution >= 0.6 is 0 Å². The van der Waals surface area contributed by atoms with Gasteiger partial charge in [-0.2, -0.15) is 0 Å². The normalized spacial score (nSPS) is 31.3. The minimum atomic E-state index is -0.533. The summed E-state index contributed by atoms with van der Waals surface area (Å²) in [5.41, 5.74) is 5.29. The summed E-state index contributed by atoms with van der Waals surface area (Å²) in [6, 6.07) is 0.496. The number of amides is 1. The number of piperidine rings is 1. The van der Waals surface area contributed by atoms with Crippen LogP contribution in [0.5, 0.6) is 0 Å². The number of fused-ring (bicyclic) bond motifs is 2. The van der Waals surface area contributed by atoms with Gasteiger partial charge in [0, 0.05) is 25.2 Å². The van der Waals surface area contributed by atoms with Crippen LogP contribution in [0.2, 0.25) is 0 Å². The number of hydrogen-bond acceptors (Lipinski definition) is 6. The Balaban J connectivity index is 1.57. The van der Waals surface area contributed by atoms with E-state index in [-0.39, 0.29) is 17.9 Å². The van der Waals surface area contributed by atoms with Crippen LogP contribution in [0.4, 0.5) is 0 Å². The number of hydrogen-bond donors (Lipinski definition) is 4. The molecule has 0 aromatic rings. The monoisotopic (exact) mass is 301 g/mol. The molecule has 122 valence electrons. The number of carbonyl (C=O) groups excluding carboxylic acids is 1. The summed E-state index contributed by atoms with van der Waals surface area (Å²) in [5, 5.41) is 16.3. The van der Waals surface area contributed by atoms with Crippen LogP contribution in [0.25, 0.3) is 0 Å². The van der Waals surface area contributed by atoms with Gasteiger partial charge in [-0.15, -0.1) is 0 Å². The van der Waals surface area contributed by atoms with Gasteiger partial charge in [0.25, 0.3) is 0 Å². The molecule has 2 fully saturated rings. The second-order valence-electron chi connectivity index (χ2n) is 5.68. The largest absolute Gasteiger partial charge is 0.392 e. The Labute approximate surface area is 125 Å². The summed E-state index contributed by atoms with van der Waals surface area (Å²) in [5.74, 6) is -0.417. The molecule has 0 aromatic heterocycles. The second kappa shape index (κ2) is 8.65. The molecule has 0 aromatic carbocycles. The lowest BCUT2D eigenvalue weighted by molar-refractivity contribution is -0.131. The van der Waals surface area contributed by atoms with Crippen LogP contribution in [0.1, 0.15) is 19.3 Å². The number of rotatable bonds is 9. The number of aliphatic hydroxyl groups excluding tert-OH is 1. The van der Waals surface area contributed by atoms with Crippen molar-refractivity contribution >= 4 is 5.91 Å². The van der Waals surface area contributed by atoms with E-state index < -0.39 is 6.10 Å². The number of ether oxygens (including phenoxy) is 2. The first-order valence-corrected chi connectivity index (χ1v) is 7.79. The lowest BCUT2D eigenvalue weighted by Gasteiger charge is -2.33. The highest BCUT2D eigenvalue weighted by atomic mass is 16.5. The molecule has 0 radical (unpaired) electrons. The maximum Gasteiger partial charge on any atom is 0.227 e. The Morgan fingerprint density at radius 3 is 2.76 bits per heavy atom. The van der Waals surface area contributed by atoms with Gasteiger partial charge in [-0.1, -0.05) is 0 Å². The van der Waals surface area contributed by atoms with Gasteiger partial charge in [0.1, 0.15) is 0 Å². The zero-order chi connectivity index (χ0) is 15.1. The Bertz CT molecular complexity index is 329. The van der Waals surface area contributed by atoms with Gasteiger partial charge < -0.3 is 30.9 Å². The smallest absolute Gasteiger partial charge is 0.227 e. The van der Waals surface area contributed by atoms with Crippen molar-refractivity contribution in [1.82, 2.24) is 10.6 Å². The third-order valence-electron chi connectivity index (χ3n) is 4.13. The van der Waals surface area contributed by atoms with Crippen molar-refractivity contribution in [2.75, 3.05) is 39.5 Å². The Kier molecular flexibility index (Phi) is 6.85. The average molecular weight is 301 g/mol. The van der Waals surface area contributed by atoms with E-state index in [4.69, 9.17) is 15.2 Å². The lowest BCUT2D eigenvalue weighted by Crippen LogP contribution is -2.54. The molecule has 2 aliphatic heterocycles. The van der Waals surface area contributed by atoms with E-state index in [1.54, 1.807) is 0 Å². The van der Waals surface area contributed by atoms with Crippen molar-refractivity contribution in [2.45, 2.75) is 37.5 Å². The SMILES string of the molecule is NCCOCCOCCNC(=O)C1C(O)CC2CCC1N2. The summed E-state index contributed by atoms with van der Waals surface area (Å²) >= 11 is 0. The molecule has 0 saturated carbocycles. The molecule has 2 heterocycles. The predicted octanol–water partition coefficient (Wildman–Crippen LogP) is -1.40. The fraction of sp³-hybridized carbons (Fsp3) is 0.929. The first kappa shape index (κ1) is 16.6. The second-order valence-corrected chi connectivity index (χ2v) is 5.68. The van der Waals surface area contributed by atoms with Crippen LogP contribution in [0.15, 0.2) is 0 Å². The average Bonchev–Trinajstić information content (AvgIpc) is 2.84. The van der Waals surface area contributed by atoms with Crippen LogP contribution in [0.3, 0.4) is 0 Å². The summed E-state index contributed by atoms with van der Waals surface area (Å²) < 4.78 is 10.5. The maximum atomic E-state index is 12.2. The van der Waals surface area contributed by atoms with E-state index in [1.165, 1.54) is 0 Å². The van der Waals surface area contributed by atoms with E-state index in [0.29, 0.717) is 52.0 Å².